The third kappa shape index (κ3) is 3.87. The van der Waals surface area contributed by atoms with E-state index >= 15 is 0 Å². The van der Waals surface area contributed by atoms with Gasteiger partial charge in [0.2, 0.25) is 0 Å². The fourth-order valence-electron chi connectivity index (χ4n) is 9.27. The standard InChI is InChI=1S/C29H48O2/c1-7-20(18(2)3)9-8-19(4)23-10-11-24-22-17-27(31)26-16-21(30)12-14-29(26,6)25(22)13-15-28(23,24)5/h16,18-20,22-25,27,31H,7-15,17H2,1-6H3/t19-,20-,22+,23-,24-,25-,27-,28-,29-/m1/s1. The van der Waals surface area contributed by atoms with Gasteiger partial charge < -0.3 is 5.11 Å². The molecule has 2 heteroatoms. The minimum Gasteiger partial charge on any atom is -0.389 e. The number of fused-ring (bicyclic) bond motifs is 5. The van der Waals surface area contributed by atoms with Crippen LogP contribution in [0.2, 0.25) is 0 Å². The molecule has 3 saturated carbocycles. The lowest BCUT2D eigenvalue weighted by Crippen LogP contribution is -2.54. The van der Waals surface area contributed by atoms with Crippen LogP contribution in [0.25, 0.3) is 0 Å². The van der Waals surface area contributed by atoms with E-state index < -0.39 is 6.10 Å². The van der Waals surface area contributed by atoms with Crippen LogP contribution in [0.3, 0.4) is 0 Å². The molecule has 3 fully saturated rings. The van der Waals surface area contributed by atoms with Gasteiger partial charge in [-0.1, -0.05) is 54.4 Å². The average molecular weight is 429 g/mol. The maximum atomic E-state index is 12.1. The monoisotopic (exact) mass is 428 g/mol. The second-order valence-electron chi connectivity index (χ2n) is 12.8. The Kier molecular flexibility index (Phi) is 6.54. The average Bonchev–Trinajstić information content (AvgIpc) is 3.07. The normalized spacial score (nSPS) is 44.3. The maximum Gasteiger partial charge on any atom is 0.155 e. The Bertz CT molecular complexity index is 708. The van der Waals surface area contributed by atoms with E-state index in [0.717, 1.165) is 48.0 Å². The first-order valence-electron chi connectivity index (χ1n) is 13.5. The molecule has 31 heavy (non-hydrogen) atoms. The molecule has 0 heterocycles. The quantitative estimate of drug-likeness (QED) is 0.485. The van der Waals surface area contributed by atoms with Crippen molar-refractivity contribution in [3.63, 3.8) is 0 Å². The summed E-state index contributed by atoms with van der Waals surface area (Å²) >= 11 is 0. The summed E-state index contributed by atoms with van der Waals surface area (Å²) in [7, 11) is 0. The van der Waals surface area contributed by atoms with Crippen LogP contribution in [0.4, 0.5) is 0 Å². The highest BCUT2D eigenvalue weighted by Gasteiger charge is 2.60. The third-order valence-corrected chi connectivity index (χ3v) is 11.2. The van der Waals surface area contributed by atoms with Crippen molar-refractivity contribution in [1.29, 1.82) is 0 Å². The van der Waals surface area contributed by atoms with Gasteiger partial charge in [0, 0.05) is 6.42 Å². The van der Waals surface area contributed by atoms with Gasteiger partial charge in [0.15, 0.2) is 5.78 Å². The summed E-state index contributed by atoms with van der Waals surface area (Å²) in [5, 5.41) is 11.1. The first-order valence-corrected chi connectivity index (χ1v) is 13.5. The van der Waals surface area contributed by atoms with Crippen LogP contribution in [-0.4, -0.2) is 17.0 Å². The van der Waals surface area contributed by atoms with Crippen molar-refractivity contribution in [1.82, 2.24) is 0 Å². The lowest BCUT2D eigenvalue weighted by Gasteiger charge is -2.59. The molecule has 9 atom stereocenters. The molecule has 4 aliphatic carbocycles. The van der Waals surface area contributed by atoms with E-state index in [0.29, 0.717) is 23.7 Å². The van der Waals surface area contributed by atoms with E-state index in [9.17, 15) is 9.90 Å². The number of ketones is 1. The van der Waals surface area contributed by atoms with Crippen molar-refractivity contribution in [2.75, 3.05) is 0 Å². The molecule has 176 valence electrons. The molecular formula is C29H48O2. The maximum absolute atomic E-state index is 12.1. The van der Waals surface area contributed by atoms with E-state index in [1.807, 2.05) is 6.08 Å². The molecule has 0 aromatic rings. The van der Waals surface area contributed by atoms with Crippen LogP contribution in [0.15, 0.2) is 11.6 Å². The molecule has 0 amide bonds. The van der Waals surface area contributed by atoms with Gasteiger partial charge in [0.25, 0.3) is 0 Å². The highest BCUT2D eigenvalue weighted by molar-refractivity contribution is 5.91. The lowest BCUT2D eigenvalue weighted by molar-refractivity contribution is -0.119. The summed E-state index contributed by atoms with van der Waals surface area (Å²) in [5.41, 5.74) is 1.57. The van der Waals surface area contributed by atoms with Gasteiger partial charge in [-0.2, -0.15) is 0 Å². The van der Waals surface area contributed by atoms with Gasteiger partial charge >= 0.3 is 0 Å². The summed E-state index contributed by atoms with van der Waals surface area (Å²) in [4.78, 5) is 12.1. The van der Waals surface area contributed by atoms with Crippen LogP contribution < -0.4 is 0 Å². The molecule has 0 aliphatic heterocycles. The Hall–Kier alpha value is -0.630. The predicted octanol–water partition coefficient (Wildman–Crippen LogP) is 7.20. The van der Waals surface area contributed by atoms with Gasteiger partial charge in [-0.05, 0) is 109 Å². The van der Waals surface area contributed by atoms with E-state index in [4.69, 9.17) is 0 Å². The molecule has 4 aliphatic rings. The van der Waals surface area contributed by atoms with Crippen LogP contribution in [-0.2, 0) is 4.79 Å². The summed E-state index contributed by atoms with van der Waals surface area (Å²) in [6, 6.07) is 0. The molecule has 2 nitrogen and oxygen atoms in total. The smallest absolute Gasteiger partial charge is 0.155 e. The fourth-order valence-corrected chi connectivity index (χ4v) is 9.27. The Morgan fingerprint density at radius 2 is 1.81 bits per heavy atom. The zero-order valence-electron chi connectivity index (χ0n) is 21.1. The number of hydrogen-bond acceptors (Lipinski definition) is 2. The van der Waals surface area contributed by atoms with Gasteiger partial charge in [0.05, 0.1) is 6.10 Å². The zero-order chi connectivity index (χ0) is 22.6. The van der Waals surface area contributed by atoms with E-state index in [1.54, 1.807) is 0 Å². The number of carbonyl (C=O) groups excluding carboxylic acids is 1. The Balaban J connectivity index is 1.51. The fraction of sp³-hybridized carbons (Fsp3) is 0.897. The molecule has 0 spiro atoms. The number of aliphatic hydroxyl groups is 1. The number of aliphatic hydroxyl groups excluding tert-OH is 1. The molecule has 0 radical (unpaired) electrons. The molecular weight excluding hydrogens is 380 g/mol. The molecule has 0 bridgehead atoms. The Morgan fingerprint density at radius 3 is 2.48 bits per heavy atom. The lowest BCUT2D eigenvalue weighted by atomic mass is 9.46. The van der Waals surface area contributed by atoms with Gasteiger partial charge in [-0.15, -0.1) is 0 Å². The molecule has 1 N–H and O–H groups in total. The molecule has 0 unspecified atom stereocenters. The largest absolute Gasteiger partial charge is 0.389 e. The minimum absolute atomic E-state index is 0.0485. The number of hydrogen-bond donors (Lipinski definition) is 1. The van der Waals surface area contributed by atoms with Crippen LogP contribution in [0.1, 0.15) is 106 Å². The Labute approximate surface area is 191 Å². The highest BCUT2D eigenvalue weighted by Crippen LogP contribution is 2.67. The first-order chi connectivity index (χ1) is 14.6. The molecule has 0 saturated heterocycles. The second-order valence-corrected chi connectivity index (χ2v) is 12.8. The van der Waals surface area contributed by atoms with Gasteiger partial charge in [-0.25, -0.2) is 0 Å². The summed E-state index contributed by atoms with van der Waals surface area (Å²) in [6.07, 6.45) is 13.4. The van der Waals surface area contributed by atoms with Crippen molar-refractivity contribution < 1.29 is 9.90 Å². The highest BCUT2D eigenvalue weighted by atomic mass is 16.3. The molecule has 0 aromatic carbocycles. The number of carbonyl (C=O) groups is 1. The molecule has 4 rings (SSSR count). The van der Waals surface area contributed by atoms with E-state index in [1.165, 1.54) is 44.9 Å². The minimum atomic E-state index is -0.398. The predicted molar refractivity (Wildman–Crippen MR) is 129 cm³/mol. The third-order valence-electron chi connectivity index (χ3n) is 11.2. The van der Waals surface area contributed by atoms with Crippen LogP contribution in [0.5, 0.6) is 0 Å². The van der Waals surface area contributed by atoms with Crippen molar-refractivity contribution in [2.45, 2.75) is 112 Å². The zero-order valence-corrected chi connectivity index (χ0v) is 21.1. The van der Waals surface area contributed by atoms with E-state index in [2.05, 4.69) is 41.5 Å². The summed E-state index contributed by atoms with van der Waals surface area (Å²) in [6.45, 7) is 14.7. The van der Waals surface area contributed by atoms with Crippen molar-refractivity contribution in [3.8, 4) is 0 Å². The first kappa shape index (κ1) is 23.5. The summed E-state index contributed by atoms with van der Waals surface area (Å²) < 4.78 is 0. The van der Waals surface area contributed by atoms with Crippen molar-refractivity contribution in [3.05, 3.63) is 11.6 Å². The summed E-state index contributed by atoms with van der Waals surface area (Å²) in [5.74, 6) is 5.62. The second kappa shape index (κ2) is 8.62. The van der Waals surface area contributed by atoms with Gasteiger partial charge in [0.1, 0.15) is 0 Å². The van der Waals surface area contributed by atoms with Gasteiger partial charge in [-0.3, -0.25) is 4.79 Å². The number of rotatable bonds is 6. The van der Waals surface area contributed by atoms with Crippen molar-refractivity contribution in [2.24, 2.45) is 52.3 Å². The van der Waals surface area contributed by atoms with Crippen LogP contribution >= 0.6 is 0 Å². The SMILES string of the molecule is CC[C@H](CC[C@@H](C)[C@H]1CC[C@@H]2[C@@H]3C[C@@H](O)C4=CC(=O)CC[C@]4(C)[C@@H]3CC[C@@]21C)C(C)C. The van der Waals surface area contributed by atoms with Crippen molar-refractivity contribution >= 4 is 5.78 Å². The molecule has 0 aromatic heterocycles. The van der Waals surface area contributed by atoms with E-state index in [-0.39, 0.29) is 11.2 Å². The van der Waals surface area contributed by atoms with Crippen LogP contribution in [0, 0.1) is 52.3 Å². The topological polar surface area (TPSA) is 37.3 Å². The Morgan fingerprint density at radius 1 is 1.06 bits per heavy atom.